The number of hydrogen-bond donors (Lipinski definition) is 0. The Hall–Kier alpha value is -2.48. The van der Waals surface area contributed by atoms with Crippen LogP contribution in [0.2, 0.25) is 0 Å². The van der Waals surface area contributed by atoms with E-state index in [4.69, 9.17) is 4.74 Å². The molecule has 0 aliphatic heterocycles. The molecule has 1 saturated carbocycles. The number of ether oxygens (including phenoxy) is 1. The second-order valence-corrected chi connectivity index (χ2v) is 9.04. The lowest BCUT2D eigenvalue weighted by atomic mass is 9.86. The first kappa shape index (κ1) is 20.8. The Morgan fingerprint density at radius 1 is 1.30 bits per heavy atom. The Morgan fingerprint density at radius 2 is 2.07 bits per heavy atom. The Balaban J connectivity index is 1.66. The highest BCUT2D eigenvalue weighted by Crippen LogP contribution is 2.41. The minimum absolute atomic E-state index is 0.0128. The number of esters is 1. The van der Waals surface area contributed by atoms with Gasteiger partial charge in [0.05, 0.1) is 6.61 Å². The lowest BCUT2D eigenvalue weighted by Crippen LogP contribution is -2.33. The summed E-state index contributed by atoms with van der Waals surface area (Å²) in [5.41, 5.74) is 0.945. The number of carbonyl (C=O) groups is 1. The molecule has 4 rings (SSSR count). The fourth-order valence-corrected chi connectivity index (χ4v) is 4.81. The van der Waals surface area contributed by atoms with E-state index in [-0.39, 0.29) is 23.1 Å². The first-order chi connectivity index (χ1) is 14.4. The molecule has 0 atom stereocenters. The summed E-state index contributed by atoms with van der Waals surface area (Å²) < 4.78 is 9.94. The molecule has 1 fully saturated rings. The van der Waals surface area contributed by atoms with Crippen molar-refractivity contribution in [3.05, 3.63) is 56.7 Å². The van der Waals surface area contributed by atoms with Crippen molar-refractivity contribution in [1.82, 2.24) is 19.3 Å². The second kappa shape index (κ2) is 8.34. The van der Waals surface area contributed by atoms with E-state index in [2.05, 4.69) is 48.9 Å². The van der Waals surface area contributed by atoms with Crippen molar-refractivity contribution >= 4 is 32.9 Å². The van der Waals surface area contributed by atoms with Crippen LogP contribution in [0, 0.1) is 12.3 Å². The Bertz CT molecular complexity index is 1140. The van der Waals surface area contributed by atoms with Gasteiger partial charge in [-0.05, 0) is 54.8 Å². The van der Waals surface area contributed by atoms with Gasteiger partial charge in [0.25, 0.3) is 0 Å². The summed E-state index contributed by atoms with van der Waals surface area (Å²) in [6.07, 6.45) is 10.1. The molecule has 3 aromatic heterocycles. The molecule has 0 unspecified atom stereocenters. The van der Waals surface area contributed by atoms with Crippen LogP contribution >= 0.6 is 15.9 Å². The van der Waals surface area contributed by atoms with E-state index in [1.807, 2.05) is 6.20 Å². The summed E-state index contributed by atoms with van der Waals surface area (Å²) in [4.78, 5) is 29.2. The van der Waals surface area contributed by atoms with Gasteiger partial charge in [-0.15, -0.1) is 0 Å². The molecule has 3 heterocycles. The zero-order valence-electron chi connectivity index (χ0n) is 17.2. The van der Waals surface area contributed by atoms with E-state index < -0.39 is 5.97 Å². The lowest BCUT2D eigenvalue weighted by molar-refractivity contribution is 0.0512. The third kappa shape index (κ3) is 4.05. The highest BCUT2D eigenvalue weighted by Gasteiger charge is 2.35. The number of fused-ring (bicyclic) bond motifs is 1. The molecule has 0 bridgehead atoms. The van der Waals surface area contributed by atoms with Gasteiger partial charge in [0, 0.05) is 52.5 Å². The highest BCUT2D eigenvalue weighted by atomic mass is 79.9. The van der Waals surface area contributed by atoms with Crippen LogP contribution in [-0.2, 0) is 17.8 Å². The van der Waals surface area contributed by atoms with Crippen LogP contribution in [0.1, 0.15) is 48.7 Å². The van der Waals surface area contributed by atoms with E-state index in [0.29, 0.717) is 12.1 Å². The zero-order chi connectivity index (χ0) is 21.3. The van der Waals surface area contributed by atoms with E-state index in [1.54, 1.807) is 24.7 Å². The maximum absolute atomic E-state index is 12.4. The standard InChI is InChI=1S/C22H25BrN4O3/c1-3-30-21(29)18-19(28)15(2)12-27(25-18)14-22(7-4-5-8-22)13-26-9-6-16-10-17(23)11-24-20(16)26/h6,9-12H,3-5,7-8,13-14H2,1-2H3. The van der Waals surface area contributed by atoms with Gasteiger partial charge in [-0.1, -0.05) is 12.8 Å². The molecule has 30 heavy (non-hydrogen) atoms. The summed E-state index contributed by atoms with van der Waals surface area (Å²) in [7, 11) is 0. The number of halogens is 1. The van der Waals surface area contributed by atoms with E-state index in [9.17, 15) is 9.59 Å². The van der Waals surface area contributed by atoms with Crippen molar-refractivity contribution in [1.29, 1.82) is 0 Å². The SMILES string of the molecule is CCOC(=O)c1nn(CC2(Cn3ccc4cc(Br)cnc43)CCCC2)cc(C)c1=O. The maximum Gasteiger partial charge on any atom is 0.362 e. The number of rotatable bonds is 6. The summed E-state index contributed by atoms with van der Waals surface area (Å²) >= 11 is 3.48. The summed E-state index contributed by atoms with van der Waals surface area (Å²) in [5, 5.41) is 5.46. The number of pyridine rings is 1. The predicted octanol–water partition coefficient (Wildman–Crippen LogP) is 4.10. The van der Waals surface area contributed by atoms with Gasteiger partial charge in [-0.2, -0.15) is 5.10 Å². The van der Waals surface area contributed by atoms with Crippen LogP contribution in [0.15, 0.2) is 40.0 Å². The van der Waals surface area contributed by atoms with Crippen molar-refractivity contribution in [2.24, 2.45) is 5.41 Å². The Morgan fingerprint density at radius 3 is 2.80 bits per heavy atom. The van der Waals surface area contributed by atoms with Gasteiger partial charge in [0.15, 0.2) is 0 Å². The van der Waals surface area contributed by atoms with Crippen LogP contribution in [0.5, 0.6) is 0 Å². The molecule has 1 aliphatic rings. The molecule has 3 aromatic rings. The zero-order valence-corrected chi connectivity index (χ0v) is 18.8. The van der Waals surface area contributed by atoms with Gasteiger partial charge in [-0.25, -0.2) is 9.78 Å². The molecular weight excluding hydrogens is 448 g/mol. The normalized spacial score (nSPS) is 15.6. The van der Waals surface area contributed by atoms with Crippen LogP contribution in [0.25, 0.3) is 11.0 Å². The van der Waals surface area contributed by atoms with Gasteiger partial charge < -0.3 is 9.30 Å². The van der Waals surface area contributed by atoms with Crippen molar-refractivity contribution < 1.29 is 9.53 Å². The molecule has 1 aliphatic carbocycles. The monoisotopic (exact) mass is 472 g/mol. The van der Waals surface area contributed by atoms with Gasteiger partial charge in [0.2, 0.25) is 11.1 Å². The van der Waals surface area contributed by atoms with Crippen molar-refractivity contribution in [2.75, 3.05) is 6.61 Å². The van der Waals surface area contributed by atoms with E-state index in [0.717, 1.165) is 47.7 Å². The predicted molar refractivity (Wildman–Crippen MR) is 118 cm³/mol. The molecule has 0 amide bonds. The van der Waals surface area contributed by atoms with Crippen LogP contribution in [0.4, 0.5) is 0 Å². The van der Waals surface area contributed by atoms with Crippen LogP contribution in [0.3, 0.4) is 0 Å². The average Bonchev–Trinajstić information content (AvgIpc) is 3.32. The van der Waals surface area contributed by atoms with Gasteiger partial charge in [-0.3, -0.25) is 9.48 Å². The molecule has 0 saturated heterocycles. The molecule has 7 nitrogen and oxygen atoms in total. The first-order valence-corrected chi connectivity index (χ1v) is 11.1. The molecular formula is C22H25BrN4O3. The molecule has 8 heteroatoms. The second-order valence-electron chi connectivity index (χ2n) is 8.13. The van der Waals surface area contributed by atoms with Crippen LogP contribution in [-0.4, -0.2) is 31.9 Å². The number of aryl methyl sites for hydroxylation is 1. The number of nitrogens with zero attached hydrogens (tertiary/aromatic N) is 4. The van der Waals surface area contributed by atoms with Gasteiger partial charge >= 0.3 is 5.97 Å². The van der Waals surface area contributed by atoms with E-state index >= 15 is 0 Å². The quantitative estimate of drug-likeness (QED) is 0.504. The highest BCUT2D eigenvalue weighted by molar-refractivity contribution is 9.10. The fraction of sp³-hybridized carbons (Fsp3) is 0.455. The Kier molecular flexibility index (Phi) is 5.77. The molecule has 0 aromatic carbocycles. The minimum Gasteiger partial charge on any atom is -0.461 e. The molecule has 0 N–H and O–H groups in total. The largest absolute Gasteiger partial charge is 0.461 e. The third-order valence-electron chi connectivity index (χ3n) is 5.85. The summed E-state index contributed by atoms with van der Waals surface area (Å²) in [6.45, 7) is 5.09. The summed E-state index contributed by atoms with van der Waals surface area (Å²) in [5.74, 6) is -0.661. The fourth-order valence-electron chi connectivity index (χ4n) is 4.46. The van der Waals surface area contributed by atoms with Crippen molar-refractivity contribution in [3.8, 4) is 0 Å². The van der Waals surface area contributed by atoms with Crippen molar-refractivity contribution in [2.45, 2.75) is 52.6 Å². The lowest BCUT2D eigenvalue weighted by Gasteiger charge is -2.30. The van der Waals surface area contributed by atoms with E-state index in [1.165, 1.54) is 0 Å². The van der Waals surface area contributed by atoms with Crippen molar-refractivity contribution in [3.63, 3.8) is 0 Å². The first-order valence-electron chi connectivity index (χ1n) is 10.3. The molecule has 0 spiro atoms. The summed E-state index contributed by atoms with van der Waals surface area (Å²) in [6, 6.07) is 4.15. The smallest absolute Gasteiger partial charge is 0.362 e. The Labute approximate surface area is 183 Å². The number of aromatic nitrogens is 4. The third-order valence-corrected chi connectivity index (χ3v) is 6.28. The minimum atomic E-state index is -0.661. The topological polar surface area (TPSA) is 79.0 Å². The maximum atomic E-state index is 12.4. The average molecular weight is 473 g/mol. The number of hydrogen-bond acceptors (Lipinski definition) is 5. The molecule has 158 valence electrons. The molecule has 0 radical (unpaired) electrons. The van der Waals surface area contributed by atoms with Crippen LogP contribution < -0.4 is 5.43 Å². The number of carbonyl (C=O) groups excluding carboxylic acids is 1. The van der Waals surface area contributed by atoms with Gasteiger partial charge in [0.1, 0.15) is 5.65 Å².